The smallest absolute Gasteiger partial charge is 0.257 e. The summed E-state index contributed by atoms with van der Waals surface area (Å²) in [4.78, 5) is 16.6. The zero-order valence-corrected chi connectivity index (χ0v) is 11.3. The third-order valence-corrected chi connectivity index (χ3v) is 3.94. The van der Waals surface area contributed by atoms with Crippen molar-refractivity contribution in [2.24, 2.45) is 4.99 Å². The monoisotopic (exact) mass is 277 g/mol. The second kappa shape index (κ2) is 5.21. The number of aliphatic imine (C=N–C) groups is 1. The minimum atomic E-state index is -0.151. The number of hydrogen-bond acceptors (Lipinski definition) is 3. The number of nitrogens with zero attached hydrogens (tertiary/aromatic N) is 1. The van der Waals surface area contributed by atoms with Crippen LogP contribution in [0.2, 0.25) is 5.02 Å². The minimum Gasteiger partial charge on any atom is -0.351 e. The van der Waals surface area contributed by atoms with E-state index >= 15 is 0 Å². The summed E-state index contributed by atoms with van der Waals surface area (Å²) in [5.74, 6) is 0.457. The Balaban J connectivity index is 1.65. The number of halogens is 1. The van der Waals surface area contributed by atoms with Gasteiger partial charge in [0.1, 0.15) is 0 Å². The molecule has 2 aliphatic rings. The maximum absolute atomic E-state index is 12.0. The summed E-state index contributed by atoms with van der Waals surface area (Å²) in [5, 5.41) is 6.75. The molecular formula is C14H16ClN3O. The molecule has 1 aliphatic carbocycles. The number of benzene rings is 1. The Bertz CT molecular complexity index is 512. The van der Waals surface area contributed by atoms with Crippen LogP contribution in [0.25, 0.3) is 0 Å². The van der Waals surface area contributed by atoms with Gasteiger partial charge in [-0.1, -0.05) is 24.4 Å². The lowest BCUT2D eigenvalue weighted by molar-refractivity contribution is 0.0976. The first kappa shape index (κ1) is 12.5. The van der Waals surface area contributed by atoms with Gasteiger partial charge in [0.15, 0.2) is 5.96 Å². The van der Waals surface area contributed by atoms with E-state index in [1.54, 1.807) is 24.3 Å². The highest BCUT2D eigenvalue weighted by Crippen LogP contribution is 2.24. The number of rotatable bonds is 1. The number of guanidine groups is 1. The van der Waals surface area contributed by atoms with Gasteiger partial charge in [0.05, 0.1) is 12.1 Å². The predicted molar refractivity (Wildman–Crippen MR) is 75.5 cm³/mol. The first-order valence-corrected chi connectivity index (χ1v) is 7.01. The molecule has 100 valence electrons. The van der Waals surface area contributed by atoms with Crippen molar-refractivity contribution >= 4 is 23.5 Å². The highest BCUT2D eigenvalue weighted by Gasteiger charge is 2.31. The Labute approximate surface area is 117 Å². The molecular weight excluding hydrogens is 262 g/mol. The van der Waals surface area contributed by atoms with Crippen molar-refractivity contribution < 1.29 is 4.79 Å². The number of nitrogens with one attached hydrogen (secondary N) is 2. The van der Waals surface area contributed by atoms with E-state index in [0.717, 1.165) is 12.8 Å². The van der Waals surface area contributed by atoms with Gasteiger partial charge in [0.25, 0.3) is 5.91 Å². The van der Waals surface area contributed by atoms with Crippen LogP contribution in [0.15, 0.2) is 29.3 Å². The lowest BCUT2D eigenvalue weighted by atomic mass is 9.92. The van der Waals surface area contributed by atoms with Gasteiger partial charge in [0.2, 0.25) is 0 Å². The molecule has 0 radical (unpaired) electrons. The summed E-state index contributed by atoms with van der Waals surface area (Å²) in [5.41, 5.74) is 0.587. The average molecular weight is 278 g/mol. The number of carbonyl (C=O) groups excluding carboxylic acids is 1. The van der Waals surface area contributed by atoms with E-state index in [4.69, 9.17) is 11.6 Å². The van der Waals surface area contributed by atoms with Crippen LogP contribution in [0.3, 0.4) is 0 Å². The first-order valence-electron chi connectivity index (χ1n) is 6.63. The molecule has 2 unspecified atom stereocenters. The van der Waals surface area contributed by atoms with Crippen LogP contribution in [-0.4, -0.2) is 24.0 Å². The molecule has 1 aliphatic heterocycles. The van der Waals surface area contributed by atoms with E-state index in [-0.39, 0.29) is 5.91 Å². The minimum absolute atomic E-state index is 0.151. The molecule has 4 nitrogen and oxygen atoms in total. The van der Waals surface area contributed by atoms with Crippen molar-refractivity contribution in [2.75, 3.05) is 0 Å². The van der Waals surface area contributed by atoms with Gasteiger partial charge in [-0.15, -0.1) is 0 Å². The van der Waals surface area contributed by atoms with Crippen LogP contribution in [0, 0.1) is 0 Å². The summed E-state index contributed by atoms with van der Waals surface area (Å²) < 4.78 is 0. The van der Waals surface area contributed by atoms with E-state index in [1.807, 2.05) is 0 Å². The summed E-state index contributed by atoms with van der Waals surface area (Å²) >= 11 is 5.80. The summed E-state index contributed by atoms with van der Waals surface area (Å²) in [6.07, 6.45) is 4.71. The quantitative estimate of drug-likeness (QED) is 0.828. The molecule has 0 saturated heterocycles. The molecule has 1 saturated carbocycles. The third-order valence-electron chi connectivity index (χ3n) is 3.68. The van der Waals surface area contributed by atoms with Crippen molar-refractivity contribution in [3.63, 3.8) is 0 Å². The van der Waals surface area contributed by atoms with Gasteiger partial charge in [0, 0.05) is 10.6 Å². The van der Waals surface area contributed by atoms with Crippen LogP contribution in [-0.2, 0) is 0 Å². The third kappa shape index (κ3) is 2.73. The number of amides is 1. The molecule has 0 aromatic heterocycles. The standard InChI is InChI=1S/C14H16ClN3O/c15-10-7-5-9(6-8-10)13(19)18-14-16-11-3-1-2-4-12(11)17-14/h5-8,11-12H,1-4H2,(H2,16,17,18,19). The molecule has 1 fully saturated rings. The Morgan fingerprint density at radius 2 is 2.00 bits per heavy atom. The van der Waals surface area contributed by atoms with E-state index in [0.29, 0.717) is 28.6 Å². The maximum Gasteiger partial charge on any atom is 0.257 e. The van der Waals surface area contributed by atoms with Crippen molar-refractivity contribution in [1.29, 1.82) is 0 Å². The molecule has 1 aromatic carbocycles. The van der Waals surface area contributed by atoms with Gasteiger partial charge in [-0.25, -0.2) is 4.99 Å². The van der Waals surface area contributed by atoms with Crippen LogP contribution >= 0.6 is 11.6 Å². The van der Waals surface area contributed by atoms with Crippen LogP contribution in [0.1, 0.15) is 36.0 Å². The second-order valence-corrected chi connectivity index (χ2v) is 5.48. The zero-order valence-electron chi connectivity index (χ0n) is 10.5. The van der Waals surface area contributed by atoms with Gasteiger partial charge >= 0.3 is 0 Å². The van der Waals surface area contributed by atoms with E-state index < -0.39 is 0 Å². The van der Waals surface area contributed by atoms with E-state index in [1.165, 1.54) is 12.8 Å². The number of carbonyl (C=O) groups is 1. The fourth-order valence-corrected chi connectivity index (χ4v) is 2.79. The van der Waals surface area contributed by atoms with Crippen LogP contribution in [0.4, 0.5) is 0 Å². The molecule has 0 bridgehead atoms. The van der Waals surface area contributed by atoms with Crippen molar-refractivity contribution in [1.82, 2.24) is 10.6 Å². The van der Waals surface area contributed by atoms with Gasteiger partial charge in [-0.05, 0) is 37.1 Å². The van der Waals surface area contributed by atoms with Gasteiger partial charge < -0.3 is 5.32 Å². The van der Waals surface area contributed by atoms with E-state index in [2.05, 4.69) is 15.6 Å². The molecule has 2 atom stereocenters. The maximum atomic E-state index is 12.0. The molecule has 1 aromatic rings. The van der Waals surface area contributed by atoms with Crippen LogP contribution < -0.4 is 10.6 Å². The Kier molecular flexibility index (Phi) is 3.42. The van der Waals surface area contributed by atoms with Gasteiger partial charge in [-0.2, -0.15) is 0 Å². The number of fused-ring (bicyclic) bond motifs is 1. The lowest BCUT2D eigenvalue weighted by Gasteiger charge is -2.22. The SMILES string of the molecule is O=C(NC1=NC2CCCCC2N1)c1ccc(Cl)cc1. The topological polar surface area (TPSA) is 53.5 Å². The Morgan fingerprint density at radius 1 is 1.26 bits per heavy atom. The fourth-order valence-electron chi connectivity index (χ4n) is 2.66. The first-order chi connectivity index (χ1) is 9.22. The number of hydrogen-bond donors (Lipinski definition) is 2. The Morgan fingerprint density at radius 3 is 2.74 bits per heavy atom. The second-order valence-electron chi connectivity index (χ2n) is 5.04. The van der Waals surface area contributed by atoms with Crippen molar-refractivity contribution in [2.45, 2.75) is 37.8 Å². The summed E-state index contributed by atoms with van der Waals surface area (Å²) in [7, 11) is 0. The highest BCUT2D eigenvalue weighted by molar-refractivity contribution is 6.30. The molecule has 19 heavy (non-hydrogen) atoms. The molecule has 1 amide bonds. The molecule has 3 rings (SSSR count). The lowest BCUT2D eigenvalue weighted by Crippen LogP contribution is -2.43. The predicted octanol–water partition coefficient (Wildman–Crippen LogP) is 2.34. The Hall–Kier alpha value is -1.55. The summed E-state index contributed by atoms with van der Waals surface area (Å²) in [6, 6.07) is 7.56. The van der Waals surface area contributed by atoms with Crippen molar-refractivity contribution in [3.8, 4) is 0 Å². The largest absolute Gasteiger partial charge is 0.351 e. The average Bonchev–Trinajstić information content (AvgIpc) is 2.81. The normalized spacial score (nSPS) is 25.2. The molecule has 5 heteroatoms. The summed E-state index contributed by atoms with van der Waals surface area (Å²) in [6.45, 7) is 0. The molecule has 2 N–H and O–H groups in total. The molecule has 1 heterocycles. The fraction of sp³-hybridized carbons (Fsp3) is 0.429. The van der Waals surface area contributed by atoms with Crippen LogP contribution in [0.5, 0.6) is 0 Å². The van der Waals surface area contributed by atoms with Crippen molar-refractivity contribution in [3.05, 3.63) is 34.9 Å². The van der Waals surface area contributed by atoms with Gasteiger partial charge in [-0.3, -0.25) is 10.1 Å². The molecule has 0 spiro atoms. The van der Waals surface area contributed by atoms with E-state index in [9.17, 15) is 4.79 Å². The zero-order chi connectivity index (χ0) is 13.2. The highest BCUT2D eigenvalue weighted by atomic mass is 35.5.